The lowest BCUT2D eigenvalue weighted by atomic mass is 9.67. The van der Waals surface area contributed by atoms with Crippen LogP contribution in [0, 0.1) is 0 Å². The van der Waals surface area contributed by atoms with E-state index >= 15 is 0 Å². The number of anilines is 2. The summed E-state index contributed by atoms with van der Waals surface area (Å²) < 4.78 is 2.38. The van der Waals surface area contributed by atoms with Crippen LogP contribution in [0.5, 0.6) is 0 Å². The Balaban J connectivity index is 1.20. The molecule has 1 heterocycles. The first-order chi connectivity index (χ1) is 25.3. The number of fused-ring (bicyclic) bond motifs is 6. The Morgan fingerprint density at radius 1 is 0.373 bits per heavy atom. The van der Waals surface area contributed by atoms with Gasteiger partial charge in [0.25, 0.3) is 0 Å². The Hall–Kier alpha value is -6.64. The highest BCUT2D eigenvalue weighted by molar-refractivity contribution is 6.10. The number of nitrogens with zero attached hydrogens (tertiary/aromatic N) is 1. The van der Waals surface area contributed by atoms with E-state index in [2.05, 4.69) is 210 Å². The molecule has 1 aromatic heterocycles. The van der Waals surface area contributed by atoms with Crippen LogP contribution in [0.15, 0.2) is 200 Å². The number of hydrogen-bond acceptors (Lipinski definition) is 1. The summed E-state index contributed by atoms with van der Waals surface area (Å²) in [6.45, 7) is 0. The number of benzene rings is 8. The molecule has 240 valence electrons. The number of para-hydroxylation sites is 3. The van der Waals surface area contributed by atoms with Gasteiger partial charge in [-0.2, -0.15) is 0 Å². The molecule has 2 heteroatoms. The second-order valence-electron chi connectivity index (χ2n) is 13.4. The topological polar surface area (TPSA) is 17.0 Å². The third-order valence-corrected chi connectivity index (χ3v) is 10.6. The molecular formula is C49H34N2. The van der Waals surface area contributed by atoms with Crippen molar-refractivity contribution in [2.24, 2.45) is 0 Å². The first kappa shape index (κ1) is 29.3. The molecule has 0 saturated carbocycles. The zero-order valence-corrected chi connectivity index (χ0v) is 28.0. The maximum Gasteiger partial charge on any atom is 0.0714 e. The summed E-state index contributed by atoms with van der Waals surface area (Å²) in [6.07, 6.45) is 0. The number of rotatable bonds is 6. The minimum absolute atomic E-state index is 0.509. The molecule has 0 atom stereocenters. The van der Waals surface area contributed by atoms with Gasteiger partial charge < -0.3 is 9.88 Å². The van der Waals surface area contributed by atoms with Crippen LogP contribution in [0.1, 0.15) is 22.3 Å². The normalized spacial score (nSPS) is 12.9. The van der Waals surface area contributed by atoms with Gasteiger partial charge in [0.15, 0.2) is 0 Å². The van der Waals surface area contributed by atoms with Gasteiger partial charge in [-0.1, -0.05) is 140 Å². The van der Waals surface area contributed by atoms with E-state index in [4.69, 9.17) is 0 Å². The summed E-state index contributed by atoms with van der Waals surface area (Å²) in [4.78, 5) is 0. The van der Waals surface area contributed by atoms with E-state index in [0.29, 0.717) is 0 Å². The van der Waals surface area contributed by atoms with E-state index in [1.807, 2.05) is 0 Å². The second kappa shape index (κ2) is 11.8. The molecule has 0 fully saturated rings. The van der Waals surface area contributed by atoms with Crippen molar-refractivity contribution in [3.8, 4) is 27.9 Å². The Labute approximate surface area is 297 Å². The van der Waals surface area contributed by atoms with E-state index < -0.39 is 5.41 Å². The molecule has 51 heavy (non-hydrogen) atoms. The molecule has 0 amide bonds. The van der Waals surface area contributed by atoms with Gasteiger partial charge in [-0.05, 0) is 105 Å². The van der Waals surface area contributed by atoms with Crippen molar-refractivity contribution in [2.75, 3.05) is 5.32 Å². The lowest BCUT2D eigenvalue weighted by Gasteiger charge is -2.34. The van der Waals surface area contributed by atoms with Gasteiger partial charge in [0.2, 0.25) is 0 Å². The van der Waals surface area contributed by atoms with Crippen molar-refractivity contribution >= 4 is 33.2 Å². The van der Waals surface area contributed by atoms with Crippen LogP contribution in [0.3, 0.4) is 0 Å². The predicted octanol–water partition coefficient (Wildman–Crippen LogP) is 12.6. The Morgan fingerprint density at radius 2 is 0.902 bits per heavy atom. The smallest absolute Gasteiger partial charge is 0.0714 e. The largest absolute Gasteiger partial charge is 0.356 e. The van der Waals surface area contributed by atoms with Crippen LogP contribution in [-0.2, 0) is 5.41 Å². The van der Waals surface area contributed by atoms with E-state index in [-0.39, 0.29) is 0 Å². The summed E-state index contributed by atoms with van der Waals surface area (Å²) in [7, 11) is 0. The highest BCUT2D eigenvalue weighted by atomic mass is 15.0. The van der Waals surface area contributed by atoms with Gasteiger partial charge in [0.1, 0.15) is 0 Å². The molecule has 2 nitrogen and oxygen atoms in total. The number of nitrogens with one attached hydrogen (secondary N) is 1. The average molecular weight is 651 g/mol. The molecule has 1 aliphatic rings. The molecule has 9 aromatic rings. The monoisotopic (exact) mass is 650 g/mol. The Bertz CT molecular complexity index is 2650. The molecule has 0 saturated heterocycles. The molecule has 0 spiro atoms. The average Bonchev–Trinajstić information content (AvgIpc) is 3.69. The molecule has 8 aromatic carbocycles. The quantitative estimate of drug-likeness (QED) is 0.189. The maximum atomic E-state index is 3.68. The molecule has 0 radical (unpaired) electrons. The summed E-state index contributed by atoms with van der Waals surface area (Å²) in [5.41, 5.74) is 15.3. The number of hydrogen-bond donors (Lipinski definition) is 1. The minimum Gasteiger partial charge on any atom is -0.356 e. The molecular weight excluding hydrogens is 617 g/mol. The third-order valence-electron chi connectivity index (χ3n) is 10.6. The van der Waals surface area contributed by atoms with Crippen LogP contribution < -0.4 is 5.32 Å². The van der Waals surface area contributed by atoms with Crippen LogP contribution in [0.4, 0.5) is 11.4 Å². The van der Waals surface area contributed by atoms with Crippen LogP contribution >= 0.6 is 0 Å². The van der Waals surface area contributed by atoms with E-state index in [9.17, 15) is 0 Å². The maximum absolute atomic E-state index is 3.68. The first-order valence-electron chi connectivity index (χ1n) is 17.6. The van der Waals surface area contributed by atoms with Gasteiger partial charge >= 0.3 is 0 Å². The summed E-state index contributed by atoms with van der Waals surface area (Å²) in [5.74, 6) is 0. The van der Waals surface area contributed by atoms with Crippen molar-refractivity contribution in [3.05, 3.63) is 222 Å². The first-order valence-corrected chi connectivity index (χ1v) is 17.6. The Kier molecular flexibility index (Phi) is 6.75. The fourth-order valence-electron chi connectivity index (χ4n) is 8.44. The van der Waals surface area contributed by atoms with Gasteiger partial charge in [-0.3, -0.25) is 0 Å². The highest BCUT2D eigenvalue weighted by Crippen LogP contribution is 2.57. The number of aromatic nitrogens is 1. The minimum atomic E-state index is -0.509. The SMILES string of the molecule is c1ccc(Nc2ccc3c(c2)C(c2ccccc2)(c2ccccc2)c2cc(-c4ccc5c(c4)c4ccccc4n5-c4ccccc4)ccc2-3)cc1. The predicted molar refractivity (Wildman–Crippen MR) is 213 cm³/mol. The molecule has 1 N–H and O–H groups in total. The fourth-order valence-corrected chi connectivity index (χ4v) is 8.44. The van der Waals surface area contributed by atoms with E-state index in [0.717, 1.165) is 11.4 Å². The van der Waals surface area contributed by atoms with Crippen molar-refractivity contribution < 1.29 is 0 Å². The van der Waals surface area contributed by atoms with Gasteiger partial charge in [0, 0.05) is 27.8 Å². The zero-order valence-electron chi connectivity index (χ0n) is 28.0. The van der Waals surface area contributed by atoms with Crippen LogP contribution in [-0.4, -0.2) is 4.57 Å². The summed E-state index contributed by atoms with van der Waals surface area (Å²) >= 11 is 0. The zero-order chi connectivity index (χ0) is 33.8. The standard InChI is InChI=1S/C49H34N2/c1-5-15-36(16-6-1)49(37-17-7-2-8-18-37)45-32-35(25-28-41(45)42-29-27-39(33-46(42)49)50-38-19-9-3-10-20-38)34-26-30-48-44(31-34)43-23-13-14-24-47(43)51(48)40-21-11-4-12-22-40/h1-33,50H. The molecule has 10 rings (SSSR count). The van der Waals surface area contributed by atoms with Gasteiger partial charge in [0.05, 0.1) is 16.4 Å². The third kappa shape index (κ3) is 4.57. The summed E-state index contributed by atoms with van der Waals surface area (Å²) in [5, 5.41) is 6.19. The molecule has 0 bridgehead atoms. The summed E-state index contributed by atoms with van der Waals surface area (Å²) in [6, 6.07) is 72.9. The van der Waals surface area contributed by atoms with E-state index in [1.165, 1.54) is 72.0 Å². The van der Waals surface area contributed by atoms with Crippen molar-refractivity contribution in [3.63, 3.8) is 0 Å². The molecule has 0 unspecified atom stereocenters. The fraction of sp³-hybridized carbons (Fsp3) is 0.0204. The van der Waals surface area contributed by atoms with Crippen molar-refractivity contribution in [2.45, 2.75) is 5.41 Å². The second-order valence-corrected chi connectivity index (χ2v) is 13.4. The lowest BCUT2D eigenvalue weighted by Crippen LogP contribution is -2.28. The molecule has 1 aliphatic carbocycles. The van der Waals surface area contributed by atoms with Gasteiger partial charge in [-0.25, -0.2) is 0 Å². The van der Waals surface area contributed by atoms with Crippen molar-refractivity contribution in [1.29, 1.82) is 0 Å². The van der Waals surface area contributed by atoms with Crippen LogP contribution in [0.2, 0.25) is 0 Å². The van der Waals surface area contributed by atoms with E-state index in [1.54, 1.807) is 0 Å². The Morgan fingerprint density at radius 3 is 1.61 bits per heavy atom. The lowest BCUT2D eigenvalue weighted by molar-refractivity contribution is 0.769. The van der Waals surface area contributed by atoms with Crippen molar-refractivity contribution in [1.82, 2.24) is 4.57 Å². The van der Waals surface area contributed by atoms with Gasteiger partial charge in [-0.15, -0.1) is 0 Å². The molecule has 0 aliphatic heterocycles. The highest BCUT2D eigenvalue weighted by Gasteiger charge is 2.46. The van der Waals surface area contributed by atoms with Crippen LogP contribution in [0.25, 0.3) is 49.7 Å².